The highest BCUT2D eigenvalue weighted by Crippen LogP contribution is 2.12. The molecule has 88 valence electrons. The zero-order chi connectivity index (χ0) is 12.0. The van der Waals surface area contributed by atoms with Gasteiger partial charge >= 0.3 is 0 Å². The van der Waals surface area contributed by atoms with Gasteiger partial charge in [0.15, 0.2) is 0 Å². The largest absolute Gasteiger partial charge is 0.352 e. The molecule has 0 saturated carbocycles. The van der Waals surface area contributed by atoms with Crippen molar-refractivity contribution in [1.82, 2.24) is 10.6 Å². The van der Waals surface area contributed by atoms with Gasteiger partial charge in [-0.3, -0.25) is 4.79 Å². The van der Waals surface area contributed by atoms with Crippen LogP contribution < -0.4 is 10.6 Å². The third-order valence-corrected chi connectivity index (χ3v) is 2.95. The molecule has 0 aliphatic rings. The van der Waals surface area contributed by atoms with Crippen molar-refractivity contribution in [3.05, 3.63) is 33.1 Å². The Labute approximate surface area is 108 Å². The molecule has 2 N–H and O–H groups in total. The van der Waals surface area contributed by atoms with Crippen molar-refractivity contribution >= 4 is 28.5 Å². The van der Waals surface area contributed by atoms with E-state index in [9.17, 15) is 9.18 Å². The Balaban J connectivity index is 2.50. The van der Waals surface area contributed by atoms with E-state index >= 15 is 0 Å². The molecule has 0 aromatic heterocycles. The lowest BCUT2D eigenvalue weighted by Gasteiger charge is -2.05. The topological polar surface area (TPSA) is 41.1 Å². The summed E-state index contributed by atoms with van der Waals surface area (Å²) < 4.78 is 13.7. The van der Waals surface area contributed by atoms with Crippen molar-refractivity contribution in [2.75, 3.05) is 20.1 Å². The number of halogens is 2. The number of amides is 1. The van der Waals surface area contributed by atoms with E-state index in [0.29, 0.717) is 15.7 Å². The van der Waals surface area contributed by atoms with Crippen LogP contribution in [0.2, 0.25) is 0 Å². The van der Waals surface area contributed by atoms with Gasteiger partial charge in [0, 0.05) is 15.7 Å². The van der Waals surface area contributed by atoms with Gasteiger partial charge in [-0.15, -0.1) is 0 Å². The molecule has 0 aliphatic carbocycles. The molecule has 3 nitrogen and oxygen atoms in total. The number of hydrogen-bond acceptors (Lipinski definition) is 2. The summed E-state index contributed by atoms with van der Waals surface area (Å²) in [4.78, 5) is 11.6. The van der Waals surface area contributed by atoms with Crippen LogP contribution in [0.1, 0.15) is 16.8 Å². The molecule has 0 radical (unpaired) electrons. The Bertz CT molecular complexity index is 371. The van der Waals surface area contributed by atoms with Gasteiger partial charge in [0.1, 0.15) is 5.82 Å². The Morgan fingerprint density at radius 3 is 2.81 bits per heavy atom. The van der Waals surface area contributed by atoms with Crippen molar-refractivity contribution in [1.29, 1.82) is 0 Å². The molecule has 0 unspecified atom stereocenters. The maximum absolute atomic E-state index is 13.2. The number of benzene rings is 1. The minimum atomic E-state index is -0.358. The lowest BCUT2D eigenvalue weighted by atomic mass is 10.2. The first-order valence-corrected chi connectivity index (χ1v) is 6.11. The lowest BCUT2D eigenvalue weighted by molar-refractivity contribution is 0.0953. The summed E-state index contributed by atoms with van der Waals surface area (Å²) in [6.45, 7) is 1.44. The molecule has 16 heavy (non-hydrogen) atoms. The van der Waals surface area contributed by atoms with Gasteiger partial charge in [-0.05, 0) is 60.8 Å². The Kier molecular flexibility index (Phi) is 5.68. The fraction of sp³-hybridized carbons (Fsp3) is 0.364. The average molecular weight is 336 g/mol. The molecule has 1 amide bonds. The van der Waals surface area contributed by atoms with Crippen LogP contribution in [0.25, 0.3) is 0 Å². The molecule has 0 atom stereocenters. The molecule has 1 aromatic rings. The van der Waals surface area contributed by atoms with Crippen molar-refractivity contribution in [3.63, 3.8) is 0 Å². The second-order valence-electron chi connectivity index (χ2n) is 3.34. The molecule has 0 spiro atoms. The Morgan fingerprint density at radius 2 is 2.19 bits per heavy atom. The highest BCUT2D eigenvalue weighted by Gasteiger charge is 2.07. The number of carbonyl (C=O) groups excluding carboxylic acids is 1. The highest BCUT2D eigenvalue weighted by molar-refractivity contribution is 14.1. The second kappa shape index (κ2) is 6.80. The predicted molar refractivity (Wildman–Crippen MR) is 70.0 cm³/mol. The molecule has 0 bridgehead atoms. The first-order valence-electron chi connectivity index (χ1n) is 5.03. The van der Waals surface area contributed by atoms with Gasteiger partial charge in [-0.2, -0.15) is 0 Å². The van der Waals surface area contributed by atoms with Crippen LogP contribution in [0.3, 0.4) is 0 Å². The first kappa shape index (κ1) is 13.4. The Hall–Kier alpha value is -0.690. The zero-order valence-corrected chi connectivity index (χ0v) is 11.2. The summed E-state index contributed by atoms with van der Waals surface area (Å²) >= 11 is 1.89. The van der Waals surface area contributed by atoms with Crippen LogP contribution in [0.5, 0.6) is 0 Å². The summed E-state index contributed by atoms with van der Waals surface area (Å²) in [5.74, 6) is -0.588. The van der Waals surface area contributed by atoms with Gasteiger partial charge in [-0.1, -0.05) is 0 Å². The normalized spacial score (nSPS) is 10.2. The fourth-order valence-corrected chi connectivity index (χ4v) is 1.54. The Morgan fingerprint density at radius 1 is 1.44 bits per heavy atom. The monoisotopic (exact) mass is 336 g/mol. The number of carbonyl (C=O) groups is 1. The van der Waals surface area contributed by atoms with Crippen LogP contribution in [0.4, 0.5) is 4.39 Å². The SMILES string of the molecule is CNCCCNC(=O)c1ccc(I)c(F)c1. The maximum Gasteiger partial charge on any atom is 0.251 e. The van der Waals surface area contributed by atoms with Gasteiger partial charge in [-0.25, -0.2) is 4.39 Å². The minimum Gasteiger partial charge on any atom is -0.352 e. The zero-order valence-electron chi connectivity index (χ0n) is 9.02. The van der Waals surface area contributed by atoms with E-state index in [1.54, 1.807) is 12.1 Å². The van der Waals surface area contributed by atoms with Crippen molar-refractivity contribution in [3.8, 4) is 0 Å². The summed E-state index contributed by atoms with van der Waals surface area (Å²) in [6, 6.07) is 4.48. The van der Waals surface area contributed by atoms with Gasteiger partial charge in [0.2, 0.25) is 0 Å². The minimum absolute atomic E-state index is 0.230. The smallest absolute Gasteiger partial charge is 0.251 e. The molecule has 0 fully saturated rings. The van der Waals surface area contributed by atoms with E-state index in [-0.39, 0.29) is 11.7 Å². The van der Waals surface area contributed by atoms with Gasteiger partial charge in [0.05, 0.1) is 0 Å². The average Bonchev–Trinajstić information content (AvgIpc) is 2.28. The molecular weight excluding hydrogens is 322 g/mol. The van der Waals surface area contributed by atoms with E-state index in [1.807, 2.05) is 29.6 Å². The number of rotatable bonds is 5. The van der Waals surface area contributed by atoms with Crippen molar-refractivity contribution in [2.45, 2.75) is 6.42 Å². The van der Waals surface area contributed by atoms with E-state index in [4.69, 9.17) is 0 Å². The summed E-state index contributed by atoms with van der Waals surface area (Å²) in [6.07, 6.45) is 0.856. The third kappa shape index (κ3) is 4.05. The van der Waals surface area contributed by atoms with Crippen molar-refractivity contribution in [2.24, 2.45) is 0 Å². The number of nitrogens with one attached hydrogen (secondary N) is 2. The quantitative estimate of drug-likeness (QED) is 0.636. The van der Waals surface area contributed by atoms with Crippen molar-refractivity contribution < 1.29 is 9.18 Å². The van der Waals surface area contributed by atoms with E-state index in [0.717, 1.165) is 13.0 Å². The molecular formula is C11H14FIN2O. The molecule has 0 heterocycles. The van der Waals surface area contributed by atoms with Crippen LogP contribution in [-0.2, 0) is 0 Å². The van der Waals surface area contributed by atoms with E-state index in [1.165, 1.54) is 6.07 Å². The van der Waals surface area contributed by atoms with Gasteiger partial charge in [0.25, 0.3) is 5.91 Å². The molecule has 0 aliphatic heterocycles. The molecule has 1 rings (SSSR count). The van der Waals surface area contributed by atoms with Crippen LogP contribution in [0, 0.1) is 9.39 Å². The molecule has 5 heteroatoms. The second-order valence-corrected chi connectivity index (χ2v) is 4.50. The lowest BCUT2D eigenvalue weighted by Crippen LogP contribution is -2.26. The standard InChI is InChI=1S/C11H14FIN2O/c1-14-5-2-6-15-11(16)8-3-4-10(13)9(12)7-8/h3-4,7,14H,2,5-6H2,1H3,(H,15,16). The predicted octanol–water partition coefficient (Wildman–Crippen LogP) is 1.77. The maximum atomic E-state index is 13.2. The fourth-order valence-electron chi connectivity index (χ4n) is 1.21. The summed E-state index contributed by atoms with van der Waals surface area (Å²) in [5, 5.41) is 5.72. The third-order valence-electron chi connectivity index (χ3n) is 2.07. The summed E-state index contributed by atoms with van der Waals surface area (Å²) in [5.41, 5.74) is 0.363. The highest BCUT2D eigenvalue weighted by atomic mass is 127. The number of hydrogen-bond donors (Lipinski definition) is 2. The molecule has 0 saturated heterocycles. The molecule has 1 aromatic carbocycles. The summed E-state index contributed by atoms with van der Waals surface area (Å²) in [7, 11) is 1.86. The van der Waals surface area contributed by atoms with E-state index < -0.39 is 0 Å². The van der Waals surface area contributed by atoms with Gasteiger partial charge < -0.3 is 10.6 Å². The first-order chi connectivity index (χ1) is 7.65. The van der Waals surface area contributed by atoms with Crippen LogP contribution in [0.15, 0.2) is 18.2 Å². The van der Waals surface area contributed by atoms with Crippen LogP contribution in [-0.4, -0.2) is 26.0 Å². The van der Waals surface area contributed by atoms with E-state index in [2.05, 4.69) is 10.6 Å². The van der Waals surface area contributed by atoms with Crippen LogP contribution >= 0.6 is 22.6 Å².